The quantitative estimate of drug-likeness (QED) is 0.0914. The van der Waals surface area contributed by atoms with Crippen molar-refractivity contribution in [2.45, 2.75) is 51.7 Å². The van der Waals surface area contributed by atoms with Gasteiger partial charge in [-0.25, -0.2) is 15.4 Å². The number of thiocarbonyl (C=S) groups is 1. The van der Waals surface area contributed by atoms with Crippen LogP contribution in [0.2, 0.25) is 0 Å². The molecular formula is C34H33F3N6O3S. The molecule has 1 amide bonds. The van der Waals surface area contributed by atoms with Gasteiger partial charge in [-0.2, -0.15) is 18.4 Å². The van der Waals surface area contributed by atoms with Crippen LogP contribution in [0, 0.1) is 27.4 Å². The number of carbonyl (C=O) groups excluding carboxylic acids is 1. The highest BCUT2D eigenvalue weighted by atomic mass is 32.1. The molecule has 9 nitrogen and oxygen atoms in total. The minimum atomic E-state index is -4.66. The largest absolute Gasteiger partial charge is 0.416 e. The van der Waals surface area contributed by atoms with E-state index in [1.54, 1.807) is 28.8 Å². The molecular weight excluding hydrogens is 629 g/mol. The lowest BCUT2D eigenvalue weighted by Crippen LogP contribution is -2.50. The number of alkyl halides is 3. The van der Waals surface area contributed by atoms with Crippen LogP contribution < -0.4 is 5.43 Å². The molecule has 0 saturated heterocycles. The van der Waals surface area contributed by atoms with Gasteiger partial charge < -0.3 is 4.57 Å². The number of nitrogens with zero attached hydrogens (tertiary/aromatic N) is 5. The third-order valence-corrected chi connectivity index (χ3v) is 8.35. The fourth-order valence-corrected chi connectivity index (χ4v) is 5.33. The molecule has 0 aliphatic carbocycles. The topological polar surface area (TPSA) is 117 Å². The molecule has 1 aromatic heterocycles. The average Bonchev–Trinajstić information content (AvgIpc) is 3.52. The van der Waals surface area contributed by atoms with Crippen molar-refractivity contribution in [1.29, 1.82) is 5.26 Å². The maximum atomic E-state index is 14.6. The number of carbonyl (C=O) groups is 1. The van der Waals surface area contributed by atoms with Crippen LogP contribution in [0.15, 0.2) is 85.3 Å². The van der Waals surface area contributed by atoms with Crippen LogP contribution in [-0.2, 0) is 23.9 Å². The van der Waals surface area contributed by atoms with E-state index in [9.17, 15) is 33.3 Å². The summed E-state index contributed by atoms with van der Waals surface area (Å²) in [6, 6.07) is 19.4. The molecule has 0 aliphatic heterocycles. The first kappa shape index (κ1) is 34.9. The minimum absolute atomic E-state index is 0.0151. The lowest BCUT2D eigenvalue weighted by molar-refractivity contribution is -0.384. The van der Waals surface area contributed by atoms with Gasteiger partial charge in [0, 0.05) is 37.0 Å². The van der Waals surface area contributed by atoms with E-state index < -0.39 is 28.5 Å². The van der Waals surface area contributed by atoms with Gasteiger partial charge in [-0.15, -0.1) is 0 Å². The van der Waals surface area contributed by atoms with Gasteiger partial charge in [0.1, 0.15) is 4.99 Å². The van der Waals surface area contributed by atoms with Gasteiger partial charge in [0.2, 0.25) is 0 Å². The maximum absolute atomic E-state index is 14.6. The van der Waals surface area contributed by atoms with E-state index in [0.29, 0.717) is 35.7 Å². The number of hydrogen-bond donors (Lipinski definition) is 1. The van der Waals surface area contributed by atoms with Gasteiger partial charge in [0.25, 0.3) is 11.6 Å². The first-order chi connectivity index (χ1) is 22.4. The molecule has 1 N–H and O–H groups in total. The van der Waals surface area contributed by atoms with Crippen LogP contribution in [0.4, 0.5) is 18.9 Å². The van der Waals surface area contributed by atoms with Crippen LogP contribution in [-0.4, -0.2) is 36.9 Å². The number of hydrogen-bond acceptors (Lipinski definition) is 7. The second-order valence-electron chi connectivity index (χ2n) is 11.2. The summed E-state index contributed by atoms with van der Waals surface area (Å²) in [4.78, 5) is 29.6. The van der Waals surface area contributed by atoms with Crippen LogP contribution in [0.1, 0.15) is 66.1 Å². The first-order valence-electron chi connectivity index (χ1n) is 14.9. The van der Waals surface area contributed by atoms with E-state index in [2.05, 4.69) is 23.4 Å². The molecule has 13 heteroatoms. The Bertz CT molecular complexity index is 1750. The zero-order valence-electron chi connectivity index (χ0n) is 25.8. The Labute approximate surface area is 275 Å². The highest BCUT2D eigenvalue weighted by Crippen LogP contribution is 2.35. The molecule has 0 radical (unpaired) electrons. The summed E-state index contributed by atoms with van der Waals surface area (Å²) in [5.41, 5.74) is 3.96. The molecule has 3 aromatic carbocycles. The summed E-state index contributed by atoms with van der Waals surface area (Å²) in [7, 11) is 0. The second-order valence-corrected chi connectivity index (χ2v) is 11.5. The molecule has 0 bridgehead atoms. The van der Waals surface area contributed by atoms with Gasteiger partial charge in [-0.05, 0) is 60.2 Å². The number of rotatable bonds is 13. The Hall–Kier alpha value is -4.93. The van der Waals surface area contributed by atoms with E-state index in [1.807, 2.05) is 6.92 Å². The molecule has 0 saturated carbocycles. The van der Waals surface area contributed by atoms with Crippen molar-refractivity contribution in [3.8, 4) is 6.07 Å². The number of amides is 1. The van der Waals surface area contributed by atoms with Crippen molar-refractivity contribution in [1.82, 2.24) is 20.0 Å². The highest BCUT2D eigenvalue weighted by molar-refractivity contribution is 7.80. The van der Waals surface area contributed by atoms with E-state index in [0.717, 1.165) is 18.1 Å². The van der Waals surface area contributed by atoms with Crippen molar-refractivity contribution in [3.63, 3.8) is 0 Å². The van der Waals surface area contributed by atoms with Crippen LogP contribution in [0.5, 0.6) is 0 Å². The molecule has 1 heterocycles. The zero-order valence-corrected chi connectivity index (χ0v) is 26.6. The molecule has 4 rings (SSSR count). The molecule has 2 atom stereocenters. The van der Waals surface area contributed by atoms with Gasteiger partial charge in [-0.3, -0.25) is 14.9 Å². The predicted octanol–water partition coefficient (Wildman–Crippen LogP) is 7.20. The summed E-state index contributed by atoms with van der Waals surface area (Å²) in [5.74, 6) is -1.47. The summed E-state index contributed by atoms with van der Waals surface area (Å²) in [5, 5.41) is 21.6. The Morgan fingerprint density at radius 1 is 1.13 bits per heavy atom. The molecule has 0 spiro atoms. The van der Waals surface area contributed by atoms with Gasteiger partial charge in [0.15, 0.2) is 0 Å². The Kier molecular flexibility index (Phi) is 11.6. The number of hydrazine groups is 1. The number of imidazole rings is 1. The molecule has 4 aromatic rings. The van der Waals surface area contributed by atoms with Crippen LogP contribution in [0.3, 0.4) is 0 Å². The monoisotopic (exact) mass is 662 g/mol. The smallest absolute Gasteiger partial charge is 0.329 e. The standard InChI is InChI=1S/C34H33F3N6O3S/c1-3-23(2)16-17-40-42(33(47)26-12-14-28(15-13-26)43(45)46)32(44)29(18-27-6-4-5-7-30(27)34(35,36)37)31-20-39-22-41(31)21-25-10-8-24(19-38)9-11-25/h4-15,20,22-23,29,40H,3,16-18,21H2,1-2H3/t23-,29?/m0/s1. The number of benzene rings is 3. The number of halogens is 3. The summed E-state index contributed by atoms with van der Waals surface area (Å²) >= 11 is 5.74. The van der Waals surface area contributed by atoms with Crippen molar-refractivity contribution in [2.75, 3.05) is 6.54 Å². The van der Waals surface area contributed by atoms with Crippen molar-refractivity contribution >= 4 is 28.8 Å². The second kappa shape index (κ2) is 15.6. The number of nitro groups is 1. The molecule has 1 unspecified atom stereocenters. The van der Waals surface area contributed by atoms with Gasteiger partial charge in [0.05, 0.1) is 40.1 Å². The fourth-order valence-electron chi connectivity index (χ4n) is 5.04. The van der Waals surface area contributed by atoms with Crippen LogP contribution in [0.25, 0.3) is 0 Å². The van der Waals surface area contributed by atoms with Gasteiger partial charge in [-0.1, -0.05) is 62.8 Å². The molecule has 0 aliphatic rings. The lowest BCUT2D eigenvalue weighted by atomic mass is 9.91. The zero-order chi connectivity index (χ0) is 34.1. The molecule has 244 valence electrons. The van der Waals surface area contributed by atoms with Crippen molar-refractivity contribution in [3.05, 3.63) is 129 Å². The lowest BCUT2D eigenvalue weighted by Gasteiger charge is -2.30. The minimum Gasteiger partial charge on any atom is -0.329 e. The van der Waals surface area contributed by atoms with E-state index >= 15 is 0 Å². The Morgan fingerprint density at radius 3 is 2.43 bits per heavy atom. The van der Waals surface area contributed by atoms with Gasteiger partial charge >= 0.3 is 6.18 Å². The Morgan fingerprint density at radius 2 is 1.81 bits per heavy atom. The van der Waals surface area contributed by atoms with E-state index in [1.165, 1.54) is 60.0 Å². The summed E-state index contributed by atoms with van der Waals surface area (Å²) in [6.07, 6.45) is -0.447. The maximum Gasteiger partial charge on any atom is 0.416 e. The number of nitriles is 1. The summed E-state index contributed by atoms with van der Waals surface area (Å²) in [6.45, 7) is 4.67. The molecule has 0 fully saturated rings. The number of non-ortho nitro benzene ring substituents is 1. The molecule has 47 heavy (non-hydrogen) atoms. The number of aromatic nitrogens is 2. The van der Waals surface area contributed by atoms with Crippen molar-refractivity contribution < 1.29 is 22.9 Å². The fraction of sp³-hybridized carbons (Fsp3) is 0.294. The predicted molar refractivity (Wildman–Crippen MR) is 174 cm³/mol. The number of nitrogens with one attached hydrogen (secondary N) is 1. The Balaban J connectivity index is 1.79. The van der Waals surface area contributed by atoms with Crippen LogP contribution >= 0.6 is 12.2 Å². The normalized spacial score (nSPS) is 12.6. The van der Waals surface area contributed by atoms with E-state index in [-0.39, 0.29) is 29.2 Å². The highest BCUT2D eigenvalue weighted by Gasteiger charge is 2.37. The third kappa shape index (κ3) is 8.87. The summed E-state index contributed by atoms with van der Waals surface area (Å²) < 4.78 is 44.1. The number of nitro benzene ring substituents is 1. The third-order valence-electron chi connectivity index (χ3n) is 7.93. The SMILES string of the molecule is CC[C@H](C)CCNN(C(=O)C(Cc1ccccc1C(F)(F)F)c1cncn1Cc1ccc(C#N)cc1)C(=S)c1ccc([N+](=O)[O-])cc1. The van der Waals surface area contributed by atoms with Crippen molar-refractivity contribution in [2.24, 2.45) is 5.92 Å². The van der Waals surface area contributed by atoms with E-state index in [4.69, 9.17) is 12.2 Å². The average molecular weight is 663 g/mol. The first-order valence-corrected chi connectivity index (χ1v) is 15.3.